The predicted octanol–water partition coefficient (Wildman–Crippen LogP) is 3.53. The molecule has 0 radical (unpaired) electrons. The second kappa shape index (κ2) is 9.79. The van der Waals surface area contributed by atoms with Crippen molar-refractivity contribution in [3.8, 4) is 11.5 Å². The molecule has 3 rings (SSSR count). The SMILES string of the molecule is COc1ccc(OC)c(C[NH+](CCc2ccccc2)Cc2ccccc2)c1. The number of hydrogen-bond acceptors (Lipinski definition) is 2. The molecule has 3 heteroatoms. The fourth-order valence-corrected chi connectivity index (χ4v) is 3.38. The first-order chi connectivity index (χ1) is 13.3. The van der Waals surface area contributed by atoms with Crippen LogP contribution in [-0.2, 0) is 19.5 Å². The van der Waals surface area contributed by atoms with E-state index in [1.165, 1.54) is 21.6 Å². The fraction of sp³-hybridized carbons (Fsp3) is 0.250. The normalized spacial score (nSPS) is 11.8. The third-order valence-corrected chi connectivity index (χ3v) is 4.84. The summed E-state index contributed by atoms with van der Waals surface area (Å²) in [7, 11) is 3.43. The number of hydrogen-bond donors (Lipinski definition) is 1. The molecular weight excluding hydrogens is 334 g/mol. The molecule has 0 aliphatic carbocycles. The van der Waals surface area contributed by atoms with Gasteiger partial charge in [0.1, 0.15) is 24.6 Å². The van der Waals surface area contributed by atoms with Gasteiger partial charge in [-0.1, -0.05) is 60.7 Å². The lowest BCUT2D eigenvalue weighted by atomic mass is 10.1. The van der Waals surface area contributed by atoms with Gasteiger partial charge in [0.05, 0.1) is 26.3 Å². The van der Waals surface area contributed by atoms with Crippen LogP contribution in [0.15, 0.2) is 78.9 Å². The summed E-state index contributed by atoms with van der Waals surface area (Å²) in [6.07, 6.45) is 1.05. The Kier molecular flexibility index (Phi) is 6.89. The summed E-state index contributed by atoms with van der Waals surface area (Å²) in [6, 6.07) is 27.4. The Morgan fingerprint density at radius 2 is 1.37 bits per heavy atom. The van der Waals surface area contributed by atoms with Crippen LogP contribution in [0.5, 0.6) is 11.5 Å². The van der Waals surface area contributed by atoms with E-state index in [0.29, 0.717) is 0 Å². The number of nitrogens with one attached hydrogen (secondary N) is 1. The minimum atomic E-state index is 0.868. The molecule has 0 spiro atoms. The van der Waals surface area contributed by atoms with Crippen LogP contribution in [0.1, 0.15) is 16.7 Å². The van der Waals surface area contributed by atoms with E-state index in [-0.39, 0.29) is 0 Å². The van der Waals surface area contributed by atoms with Crippen LogP contribution in [0.2, 0.25) is 0 Å². The van der Waals surface area contributed by atoms with Crippen LogP contribution in [0.25, 0.3) is 0 Å². The topological polar surface area (TPSA) is 22.9 Å². The number of ether oxygens (including phenoxy) is 2. The van der Waals surface area contributed by atoms with E-state index in [1.807, 2.05) is 12.1 Å². The summed E-state index contributed by atoms with van der Waals surface area (Å²) in [5.74, 6) is 1.79. The molecule has 0 aromatic heterocycles. The number of benzene rings is 3. The van der Waals surface area contributed by atoms with E-state index in [1.54, 1.807) is 14.2 Å². The van der Waals surface area contributed by atoms with Crippen LogP contribution in [0, 0.1) is 0 Å². The first-order valence-corrected chi connectivity index (χ1v) is 9.41. The van der Waals surface area contributed by atoms with Gasteiger partial charge in [0, 0.05) is 12.0 Å². The Labute approximate surface area is 162 Å². The smallest absolute Gasteiger partial charge is 0.127 e. The van der Waals surface area contributed by atoms with Gasteiger partial charge < -0.3 is 14.4 Å². The zero-order valence-corrected chi connectivity index (χ0v) is 16.2. The summed E-state index contributed by atoms with van der Waals surface area (Å²) in [5.41, 5.74) is 3.90. The van der Waals surface area contributed by atoms with Crippen molar-refractivity contribution >= 4 is 0 Å². The highest BCUT2D eigenvalue weighted by Gasteiger charge is 2.15. The van der Waals surface area contributed by atoms with E-state index in [4.69, 9.17) is 9.47 Å². The molecule has 0 heterocycles. The average molecular weight is 362 g/mol. The van der Waals surface area contributed by atoms with E-state index >= 15 is 0 Å². The van der Waals surface area contributed by atoms with Gasteiger partial charge in [0.25, 0.3) is 0 Å². The molecule has 140 valence electrons. The first kappa shape index (κ1) is 19.0. The Morgan fingerprint density at radius 1 is 0.704 bits per heavy atom. The Balaban J connectivity index is 1.78. The van der Waals surface area contributed by atoms with Crippen LogP contribution in [-0.4, -0.2) is 20.8 Å². The maximum atomic E-state index is 5.59. The Morgan fingerprint density at radius 3 is 2.00 bits per heavy atom. The molecule has 0 bridgehead atoms. The summed E-state index contributed by atoms with van der Waals surface area (Å²) in [6.45, 7) is 2.93. The van der Waals surface area contributed by atoms with Crippen molar-refractivity contribution < 1.29 is 14.4 Å². The van der Waals surface area contributed by atoms with Gasteiger partial charge in [-0.25, -0.2) is 0 Å². The maximum absolute atomic E-state index is 5.59. The van der Waals surface area contributed by atoms with Crippen LogP contribution in [0.4, 0.5) is 0 Å². The molecule has 0 amide bonds. The monoisotopic (exact) mass is 362 g/mol. The third kappa shape index (κ3) is 5.60. The molecule has 1 atom stereocenters. The second-order valence-corrected chi connectivity index (χ2v) is 6.75. The van der Waals surface area contributed by atoms with Crippen LogP contribution < -0.4 is 14.4 Å². The molecule has 0 aliphatic heterocycles. The van der Waals surface area contributed by atoms with Crippen molar-refractivity contribution in [2.75, 3.05) is 20.8 Å². The Bertz CT molecular complexity index is 818. The zero-order chi connectivity index (χ0) is 18.9. The number of methoxy groups -OCH3 is 2. The Hall–Kier alpha value is -2.78. The molecule has 0 fully saturated rings. The highest BCUT2D eigenvalue weighted by molar-refractivity contribution is 5.39. The quantitative estimate of drug-likeness (QED) is 0.629. The molecule has 3 aromatic rings. The predicted molar refractivity (Wildman–Crippen MR) is 109 cm³/mol. The van der Waals surface area contributed by atoms with E-state index in [0.717, 1.165) is 37.6 Å². The minimum absolute atomic E-state index is 0.868. The fourth-order valence-electron chi connectivity index (χ4n) is 3.38. The highest BCUT2D eigenvalue weighted by Crippen LogP contribution is 2.23. The molecule has 3 aromatic carbocycles. The zero-order valence-electron chi connectivity index (χ0n) is 16.2. The van der Waals surface area contributed by atoms with Gasteiger partial charge >= 0.3 is 0 Å². The van der Waals surface area contributed by atoms with Crippen molar-refractivity contribution in [2.45, 2.75) is 19.5 Å². The molecule has 0 saturated carbocycles. The minimum Gasteiger partial charge on any atom is -0.497 e. The highest BCUT2D eigenvalue weighted by atomic mass is 16.5. The van der Waals surface area contributed by atoms with Crippen molar-refractivity contribution in [3.05, 3.63) is 95.6 Å². The van der Waals surface area contributed by atoms with Crippen LogP contribution >= 0.6 is 0 Å². The molecule has 0 aliphatic rings. The standard InChI is InChI=1S/C24H27NO2/c1-26-23-13-14-24(27-2)22(17-23)19-25(18-21-11-7-4-8-12-21)16-15-20-9-5-3-6-10-20/h3-14,17H,15-16,18-19H2,1-2H3/p+1. The summed E-state index contributed by atoms with van der Waals surface area (Å²) in [5, 5.41) is 0. The van der Waals surface area contributed by atoms with Crippen molar-refractivity contribution in [3.63, 3.8) is 0 Å². The molecule has 27 heavy (non-hydrogen) atoms. The first-order valence-electron chi connectivity index (χ1n) is 9.41. The lowest BCUT2D eigenvalue weighted by Crippen LogP contribution is -3.09. The van der Waals surface area contributed by atoms with Crippen LogP contribution in [0.3, 0.4) is 0 Å². The number of quaternary nitrogens is 1. The summed E-state index contributed by atoms with van der Waals surface area (Å²) >= 11 is 0. The van der Waals surface area contributed by atoms with Gasteiger partial charge in [-0.2, -0.15) is 0 Å². The molecule has 1 N–H and O–H groups in total. The average Bonchev–Trinajstić information content (AvgIpc) is 2.73. The molecular formula is C24H28NO2+. The van der Waals surface area contributed by atoms with Gasteiger partial charge in [-0.3, -0.25) is 0 Å². The van der Waals surface area contributed by atoms with Gasteiger partial charge in [0.2, 0.25) is 0 Å². The van der Waals surface area contributed by atoms with Gasteiger partial charge in [0.15, 0.2) is 0 Å². The summed E-state index contributed by atoms with van der Waals surface area (Å²) < 4.78 is 11.0. The molecule has 0 saturated heterocycles. The van der Waals surface area contributed by atoms with E-state index in [9.17, 15) is 0 Å². The third-order valence-electron chi connectivity index (χ3n) is 4.84. The lowest BCUT2D eigenvalue weighted by molar-refractivity contribution is -0.927. The maximum Gasteiger partial charge on any atom is 0.127 e. The van der Waals surface area contributed by atoms with E-state index in [2.05, 4.69) is 66.7 Å². The largest absolute Gasteiger partial charge is 0.497 e. The van der Waals surface area contributed by atoms with Gasteiger partial charge in [-0.05, 0) is 23.8 Å². The molecule has 1 unspecified atom stereocenters. The lowest BCUT2D eigenvalue weighted by Gasteiger charge is -2.21. The van der Waals surface area contributed by atoms with Gasteiger partial charge in [-0.15, -0.1) is 0 Å². The van der Waals surface area contributed by atoms with Crippen molar-refractivity contribution in [1.29, 1.82) is 0 Å². The van der Waals surface area contributed by atoms with Crippen molar-refractivity contribution in [2.24, 2.45) is 0 Å². The summed E-state index contributed by atoms with van der Waals surface area (Å²) in [4.78, 5) is 1.50. The van der Waals surface area contributed by atoms with E-state index < -0.39 is 0 Å². The second-order valence-electron chi connectivity index (χ2n) is 6.75. The number of rotatable bonds is 9. The molecule has 3 nitrogen and oxygen atoms in total. The van der Waals surface area contributed by atoms with Crippen molar-refractivity contribution in [1.82, 2.24) is 0 Å².